The van der Waals surface area contributed by atoms with Crippen LogP contribution in [-0.2, 0) is 10.9 Å². The molecule has 1 unspecified atom stereocenters. The van der Waals surface area contributed by atoms with Crippen LogP contribution in [-0.4, -0.2) is 23.1 Å². The molecule has 0 aromatic rings. The Morgan fingerprint density at radius 3 is 1.70 bits per heavy atom. The molecule has 0 nitrogen and oxygen atoms in total. The van der Waals surface area contributed by atoms with Crippen molar-refractivity contribution in [1.29, 1.82) is 0 Å². The Labute approximate surface area is 76.3 Å². The lowest BCUT2D eigenvalue weighted by Crippen LogP contribution is -2.34. The first-order valence-electron chi connectivity index (χ1n) is 3.52. The van der Waals surface area contributed by atoms with Crippen molar-refractivity contribution in [2.24, 2.45) is 5.41 Å². The van der Waals surface area contributed by atoms with Crippen LogP contribution in [0, 0.1) is 5.41 Å². The molecular formula is C8H18BrS+. The molecule has 0 fully saturated rings. The molecule has 0 aromatic carbocycles. The summed E-state index contributed by atoms with van der Waals surface area (Å²) in [7, 11) is 0.530. The Kier molecular flexibility index (Phi) is 4.34. The van der Waals surface area contributed by atoms with E-state index in [0.29, 0.717) is 16.3 Å². The SMILES string of the molecule is C[S+](C)C(CBr)C(C)(C)C. The third-order valence-corrected chi connectivity index (χ3v) is 4.76. The summed E-state index contributed by atoms with van der Waals surface area (Å²) in [5.41, 5.74) is 0.454. The number of hydrogen-bond acceptors (Lipinski definition) is 0. The molecule has 0 aliphatic heterocycles. The van der Waals surface area contributed by atoms with Crippen LogP contribution in [0.1, 0.15) is 20.8 Å². The molecule has 0 aromatic heterocycles. The first kappa shape index (κ1) is 10.8. The standard InChI is InChI=1S/C8H18BrS/c1-8(2,3)7(6-9)10(4)5/h7H,6H2,1-5H3/q+1. The van der Waals surface area contributed by atoms with Gasteiger partial charge in [0, 0.05) is 5.41 Å². The van der Waals surface area contributed by atoms with Gasteiger partial charge >= 0.3 is 0 Å². The molecule has 0 heterocycles. The molecule has 0 radical (unpaired) electrons. The number of hydrogen-bond donors (Lipinski definition) is 0. The fourth-order valence-corrected chi connectivity index (χ4v) is 5.29. The van der Waals surface area contributed by atoms with Crippen molar-refractivity contribution in [2.75, 3.05) is 17.8 Å². The summed E-state index contributed by atoms with van der Waals surface area (Å²) in [5, 5.41) is 1.94. The molecule has 1 atom stereocenters. The second kappa shape index (κ2) is 4.01. The molecule has 0 spiro atoms. The molecule has 10 heavy (non-hydrogen) atoms. The van der Waals surface area contributed by atoms with E-state index in [1.54, 1.807) is 0 Å². The highest BCUT2D eigenvalue weighted by Crippen LogP contribution is 2.26. The first-order valence-corrected chi connectivity index (χ1v) is 6.74. The molecule has 0 rings (SSSR count). The number of rotatable bonds is 2. The predicted octanol–water partition coefficient (Wildman–Crippen LogP) is 2.67. The van der Waals surface area contributed by atoms with Crippen molar-refractivity contribution in [3.8, 4) is 0 Å². The highest BCUT2D eigenvalue weighted by molar-refractivity contribution is 9.09. The van der Waals surface area contributed by atoms with E-state index in [1.807, 2.05) is 0 Å². The minimum atomic E-state index is 0.454. The van der Waals surface area contributed by atoms with Crippen LogP contribution in [0.15, 0.2) is 0 Å². The van der Waals surface area contributed by atoms with Gasteiger partial charge in [-0.05, 0) is 10.9 Å². The molecule has 0 saturated heterocycles. The van der Waals surface area contributed by atoms with E-state index in [9.17, 15) is 0 Å². The average molecular weight is 226 g/mol. The van der Waals surface area contributed by atoms with Crippen molar-refractivity contribution >= 4 is 26.8 Å². The van der Waals surface area contributed by atoms with Crippen molar-refractivity contribution < 1.29 is 0 Å². The maximum Gasteiger partial charge on any atom is 0.132 e. The van der Waals surface area contributed by atoms with E-state index in [1.165, 1.54) is 0 Å². The van der Waals surface area contributed by atoms with E-state index in [2.05, 4.69) is 49.2 Å². The Balaban J connectivity index is 4.07. The topological polar surface area (TPSA) is 0 Å². The second-order valence-electron chi connectivity index (χ2n) is 3.89. The third-order valence-electron chi connectivity index (χ3n) is 1.68. The van der Waals surface area contributed by atoms with Crippen LogP contribution in [0.2, 0.25) is 0 Å². The highest BCUT2D eigenvalue weighted by atomic mass is 79.9. The van der Waals surface area contributed by atoms with E-state index in [0.717, 1.165) is 10.6 Å². The smallest absolute Gasteiger partial charge is 0.0873 e. The zero-order chi connectivity index (χ0) is 8.36. The van der Waals surface area contributed by atoms with Crippen molar-refractivity contribution in [1.82, 2.24) is 0 Å². The Morgan fingerprint density at radius 1 is 1.30 bits per heavy atom. The van der Waals surface area contributed by atoms with Gasteiger partial charge in [0.15, 0.2) is 0 Å². The van der Waals surface area contributed by atoms with Gasteiger partial charge in [0.25, 0.3) is 0 Å². The predicted molar refractivity (Wildman–Crippen MR) is 56.3 cm³/mol. The molecule has 62 valence electrons. The zero-order valence-electron chi connectivity index (χ0n) is 7.57. The van der Waals surface area contributed by atoms with E-state index in [4.69, 9.17) is 0 Å². The Morgan fingerprint density at radius 2 is 1.70 bits per heavy atom. The van der Waals surface area contributed by atoms with Gasteiger partial charge < -0.3 is 0 Å². The lowest BCUT2D eigenvalue weighted by molar-refractivity contribution is 0.413. The second-order valence-corrected chi connectivity index (χ2v) is 6.86. The quantitative estimate of drug-likeness (QED) is 0.501. The maximum absolute atomic E-state index is 3.56. The van der Waals surface area contributed by atoms with Gasteiger partial charge in [0.2, 0.25) is 0 Å². The summed E-state index contributed by atoms with van der Waals surface area (Å²) in [6, 6.07) is 0. The van der Waals surface area contributed by atoms with Gasteiger partial charge in [0.1, 0.15) is 5.25 Å². The molecule has 0 bridgehead atoms. The fourth-order valence-electron chi connectivity index (χ4n) is 1.06. The molecular weight excluding hydrogens is 208 g/mol. The molecule has 2 heteroatoms. The van der Waals surface area contributed by atoms with Crippen LogP contribution in [0.3, 0.4) is 0 Å². The summed E-state index contributed by atoms with van der Waals surface area (Å²) < 4.78 is 0. The van der Waals surface area contributed by atoms with Gasteiger partial charge in [-0.2, -0.15) is 0 Å². The number of halogens is 1. The summed E-state index contributed by atoms with van der Waals surface area (Å²) in [5.74, 6) is 0. The molecule has 0 aliphatic rings. The monoisotopic (exact) mass is 225 g/mol. The average Bonchev–Trinajstić information content (AvgIpc) is 1.60. The normalized spacial score (nSPS) is 15.9. The fraction of sp³-hybridized carbons (Fsp3) is 1.00. The van der Waals surface area contributed by atoms with Gasteiger partial charge in [-0.25, -0.2) is 0 Å². The highest BCUT2D eigenvalue weighted by Gasteiger charge is 2.33. The van der Waals surface area contributed by atoms with Gasteiger partial charge in [-0.3, -0.25) is 0 Å². The van der Waals surface area contributed by atoms with E-state index in [-0.39, 0.29) is 0 Å². The van der Waals surface area contributed by atoms with Crippen LogP contribution >= 0.6 is 15.9 Å². The Bertz CT molecular complexity index is 93.9. The summed E-state index contributed by atoms with van der Waals surface area (Å²) in [6.07, 6.45) is 4.63. The van der Waals surface area contributed by atoms with Crippen molar-refractivity contribution in [3.05, 3.63) is 0 Å². The van der Waals surface area contributed by atoms with Crippen LogP contribution in [0.25, 0.3) is 0 Å². The minimum Gasteiger partial charge on any atom is -0.0873 e. The largest absolute Gasteiger partial charge is 0.132 e. The van der Waals surface area contributed by atoms with Crippen LogP contribution in [0.4, 0.5) is 0 Å². The summed E-state index contributed by atoms with van der Waals surface area (Å²) >= 11 is 3.56. The Hall–Kier alpha value is 0.830. The number of alkyl halides is 1. The lowest BCUT2D eigenvalue weighted by Gasteiger charge is -2.25. The summed E-state index contributed by atoms with van der Waals surface area (Å²) in [4.78, 5) is 0. The minimum absolute atomic E-state index is 0.454. The molecule has 0 amide bonds. The van der Waals surface area contributed by atoms with Gasteiger partial charge in [-0.15, -0.1) is 0 Å². The van der Waals surface area contributed by atoms with Gasteiger partial charge in [-0.1, -0.05) is 36.7 Å². The summed E-state index contributed by atoms with van der Waals surface area (Å²) in [6.45, 7) is 6.93. The van der Waals surface area contributed by atoms with Gasteiger partial charge in [0.05, 0.1) is 17.8 Å². The van der Waals surface area contributed by atoms with E-state index >= 15 is 0 Å². The lowest BCUT2D eigenvalue weighted by atomic mass is 9.93. The molecule has 0 aliphatic carbocycles. The van der Waals surface area contributed by atoms with Crippen LogP contribution in [0.5, 0.6) is 0 Å². The van der Waals surface area contributed by atoms with E-state index < -0.39 is 0 Å². The molecule has 0 saturated carbocycles. The zero-order valence-corrected chi connectivity index (χ0v) is 9.97. The van der Waals surface area contributed by atoms with Crippen molar-refractivity contribution in [3.63, 3.8) is 0 Å². The molecule has 0 N–H and O–H groups in total. The maximum atomic E-state index is 3.56. The third kappa shape index (κ3) is 3.29. The van der Waals surface area contributed by atoms with Crippen molar-refractivity contribution in [2.45, 2.75) is 26.0 Å². The first-order chi connectivity index (χ1) is 4.39. The van der Waals surface area contributed by atoms with Crippen LogP contribution < -0.4 is 0 Å².